The molecule has 0 fully saturated rings. The van der Waals surface area contributed by atoms with E-state index in [9.17, 15) is 24.6 Å². The monoisotopic (exact) mass is 294 g/mol. The molecule has 0 aromatic heterocycles. The zero-order valence-corrected chi connectivity index (χ0v) is 11.2. The Hall–Kier alpha value is -1.57. The molecule has 5 nitrogen and oxygen atoms in total. The first-order valence-corrected chi connectivity index (χ1v) is 6.94. The Morgan fingerprint density at radius 1 is 0.650 bits per heavy atom. The summed E-state index contributed by atoms with van der Waals surface area (Å²) in [5.41, 5.74) is -0.191. The van der Waals surface area contributed by atoms with Crippen LogP contribution in [0.1, 0.15) is 11.1 Å². The molecule has 0 amide bonds. The van der Waals surface area contributed by atoms with Gasteiger partial charge in [0.2, 0.25) is 0 Å². The van der Waals surface area contributed by atoms with E-state index in [4.69, 9.17) is 0 Å². The minimum atomic E-state index is -2.89. The second-order valence-electron chi connectivity index (χ2n) is 4.22. The van der Waals surface area contributed by atoms with Crippen LogP contribution in [0.5, 0.6) is 0 Å². The van der Waals surface area contributed by atoms with Crippen LogP contribution in [-0.4, -0.2) is 24.6 Å². The summed E-state index contributed by atoms with van der Waals surface area (Å²) in [7, 11) is -2.82. The van der Waals surface area contributed by atoms with Crippen LogP contribution in [0, 0.1) is 0 Å². The largest absolute Gasteiger partial charge is 0.352 e. The Balaban J connectivity index is 2.40. The van der Waals surface area contributed by atoms with Crippen molar-refractivity contribution >= 4 is 10.8 Å². The van der Waals surface area contributed by atoms with Gasteiger partial charge in [-0.3, -0.25) is 0 Å². The molecule has 0 aliphatic heterocycles. The van der Waals surface area contributed by atoms with Crippen LogP contribution in [0.4, 0.5) is 0 Å². The van der Waals surface area contributed by atoms with Gasteiger partial charge >= 0.3 is 0 Å². The Morgan fingerprint density at radius 3 is 1.25 bits per heavy atom. The zero-order chi connectivity index (χ0) is 14.8. The van der Waals surface area contributed by atoms with Crippen LogP contribution in [0.3, 0.4) is 0 Å². The predicted octanol–water partition coefficient (Wildman–Crippen LogP) is 0.325. The van der Waals surface area contributed by atoms with E-state index in [1.165, 1.54) is 48.5 Å². The fourth-order valence-electron chi connectivity index (χ4n) is 1.72. The van der Waals surface area contributed by atoms with Gasteiger partial charge < -0.3 is 20.4 Å². The molecule has 0 saturated heterocycles. The summed E-state index contributed by atoms with van der Waals surface area (Å²) in [6.07, 6.45) is 0. The standard InChI is InChI=1S/C14H14O5S/c15-13(16,11-7-3-1-4-8-11)20(19)14(17,18)12-9-5-2-6-10-12/h1-10,15-18H. The van der Waals surface area contributed by atoms with Crippen LogP contribution in [0.15, 0.2) is 60.7 Å². The summed E-state index contributed by atoms with van der Waals surface area (Å²) in [5, 5.41) is 34.2. The molecule has 0 aliphatic rings. The Bertz CT molecular complexity index is 542. The lowest BCUT2D eigenvalue weighted by Gasteiger charge is -2.29. The van der Waals surface area contributed by atoms with Crippen molar-refractivity contribution in [2.24, 2.45) is 0 Å². The lowest BCUT2D eigenvalue weighted by atomic mass is 10.2. The van der Waals surface area contributed by atoms with Crippen LogP contribution in [0.25, 0.3) is 0 Å². The molecular weight excluding hydrogens is 280 g/mol. The highest BCUT2D eigenvalue weighted by atomic mass is 32.2. The third kappa shape index (κ3) is 2.65. The van der Waals surface area contributed by atoms with E-state index in [1.54, 1.807) is 12.1 Å². The van der Waals surface area contributed by atoms with Crippen LogP contribution in [0.2, 0.25) is 0 Å². The number of benzene rings is 2. The van der Waals surface area contributed by atoms with Crippen LogP contribution < -0.4 is 0 Å². The summed E-state index contributed by atoms with van der Waals surface area (Å²) in [6, 6.07) is 14.7. The number of rotatable bonds is 4. The van der Waals surface area contributed by atoms with Crippen molar-refractivity contribution in [1.82, 2.24) is 0 Å². The van der Waals surface area contributed by atoms with Gasteiger partial charge in [-0.1, -0.05) is 60.7 Å². The van der Waals surface area contributed by atoms with Crippen molar-refractivity contribution in [2.45, 2.75) is 10.2 Å². The van der Waals surface area contributed by atoms with Gasteiger partial charge in [0.25, 0.3) is 10.2 Å². The Labute approximate surface area is 118 Å². The smallest absolute Gasteiger partial charge is 0.275 e. The van der Waals surface area contributed by atoms with Gasteiger partial charge in [0, 0.05) is 11.1 Å². The van der Waals surface area contributed by atoms with Gasteiger partial charge in [0.1, 0.15) is 0 Å². The Morgan fingerprint density at radius 2 is 0.950 bits per heavy atom. The van der Waals surface area contributed by atoms with E-state index in [2.05, 4.69) is 0 Å². The molecule has 0 saturated carbocycles. The highest BCUT2D eigenvalue weighted by molar-refractivity contribution is 7.86. The zero-order valence-electron chi connectivity index (χ0n) is 10.4. The van der Waals surface area contributed by atoms with Crippen molar-refractivity contribution < 1.29 is 24.6 Å². The second kappa shape index (κ2) is 5.43. The normalized spacial score (nSPS) is 12.7. The van der Waals surface area contributed by atoms with Gasteiger partial charge in [-0.15, -0.1) is 0 Å². The first-order chi connectivity index (χ1) is 9.37. The van der Waals surface area contributed by atoms with E-state index < -0.39 is 21.0 Å². The molecule has 0 unspecified atom stereocenters. The summed E-state index contributed by atoms with van der Waals surface area (Å²) < 4.78 is 12.2. The molecule has 2 rings (SSSR count). The maximum absolute atomic E-state index is 12.2. The average Bonchev–Trinajstić information content (AvgIpc) is 2.48. The third-order valence-corrected chi connectivity index (χ3v) is 4.32. The number of hydrogen-bond acceptors (Lipinski definition) is 5. The molecule has 0 heterocycles. The molecule has 0 radical (unpaired) electrons. The molecule has 0 spiro atoms. The van der Waals surface area contributed by atoms with E-state index in [1.807, 2.05) is 0 Å². The van der Waals surface area contributed by atoms with E-state index in [0.717, 1.165) is 0 Å². The van der Waals surface area contributed by atoms with Gasteiger partial charge in [-0.05, 0) is 0 Å². The molecule has 20 heavy (non-hydrogen) atoms. The summed E-state index contributed by atoms with van der Waals surface area (Å²) in [4.78, 5) is 0. The minimum Gasteiger partial charge on any atom is -0.352 e. The lowest BCUT2D eigenvalue weighted by Crippen LogP contribution is -2.44. The Kier molecular flexibility index (Phi) is 4.03. The molecular formula is C14H14O5S. The lowest BCUT2D eigenvalue weighted by molar-refractivity contribution is -0.125. The quantitative estimate of drug-likeness (QED) is 0.609. The molecule has 2 aromatic carbocycles. The summed E-state index contributed by atoms with van der Waals surface area (Å²) >= 11 is 0. The molecule has 0 atom stereocenters. The first-order valence-electron chi connectivity index (χ1n) is 5.79. The molecule has 4 N–H and O–H groups in total. The molecule has 2 aromatic rings. The van der Waals surface area contributed by atoms with Crippen molar-refractivity contribution in [3.05, 3.63) is 71.8 Å². The molecule has 0 bridgehead atoms. The van der Waals surface area contributed by atoms with E-state index in [0.29, 0.717) is 0 Å². The van der Waals surface area contributed by atoms with E-state index in [-0.39, 0.29) is 11.1 Å². The van der Waals surface area contributed by atoms with Gasteiger partial charge in [-0.2, -0.15) is 0 Å². The maximum atomic E-state index is 12.2. The van der Waals surface area contributed by atoms with Gasteiger partial charge in [0.05, 0.1) is 0 Å². The second-order valence-corrected chi connectivity index (χ2v) is 5.89. The third-order valence-electron chi connectivity index (χ3n) is 2.82. The number of aliphatic hydroxyl groups is 4. The molecule has 0 aliphatic carbocycles. The fraction of sp³-hybridized carbons (Fsp3) is 0.143. The fourth-order valence-corrected chi connectivity index (χ4v) is 2.82. The van der Waals surface area contributed by atoms with Crippen LogP contribution >= 0.6 is 0 Å². The van der Waals surface area contributed by atoms with Gasteiger partial charge in [-0.25, -0.2) is 4.21 Å². The highest BCUT2D eigenvalue weighted by Gasteiger charge is 2.48. The van der Waals surface area contributed by atoms with E-state index >= 15 is 0 Å². The van der Waals surface area contributed by atoms with Crippen LogP contribution in [-0.2, 0) is 21.0 Å². The average molecular weight is 294 g/mol. The maximum Gasteiger partial charge on any atom is 0.275 e. The first kappa shape index (κ1) is 14.8. The van der Waals surface area contributed by atoms with Gasteiger partial charge in [0.15, 0.2) is 10.8 Å². The summed E-state index contributed by atoms with van der Waals surface area (Å²) in [5.74, 6) is 0. The summed E-state index contributed by atoms with van der Waals surface area (Å²) in [6.45, 7) is 0. The van der Waals surface area contributed by atoms with Crippen molar-refractivity contribution in [2.75, 3.05) is 0 Å². The van der Waals surface area contributed by atoms with Crippen molar-refractivity contribution in [3.63, 3.8) is 0 Å². The molecule has 106 valence electrons. The predicted molar refractivity (Wildman–Crippen MR) is 73.3 cm³/mol. The van der Waals surface area contributed by atoms with Crippen molar-refractivity contribution in [3.8, 4) is 0 Å². The van der Waals surface area contributed by atoms with Crippen molar-refractivity contribution in [1.29, 1.82) is 0 Å². The minimum absolute atomic E-state index is 0.0956. The topological polar surface area (TPSA) is 98.0 Å². The highest BCUT2D eigenvalue weighted by Crippen LogP contribution is 2.33. The molecule has 6 heteroatoms. The SMILES string of the molecule is O=S(C(O)(O)c1ccccc1)C(O)(O)c1ccccc1. The number of hydrogen-bond donors (Lipinski definition) is 4.